The van der Waals surface area contributed by atoms with Gasteiger partial charge in [-0.3, -0.25) is 9.89 Å². The van der Waals surface area contributed by atoms with Crippen LogP contribution in [0.3, 0.4) is 0 Å². The second-order valence-electron chi connectivity index (χ2n) is 6.60. The van der Waals surface area contributed by atoms with E-state index < -0.39 is 5.97 Å². The number of piperazine rings is 1. The summed E-state index contributed by atoms with van der Waals surface area (Å²) in [5, 5.41) is 12.5. The largest absolute Gasteiger partial charge is 0.478 e. The van der Waals surface area contributed by atoms with E-state index in [4.69, 9.17) is 9.73 Å². The van der Waals surface area contributed by atoms with Gasteiger partial charge in [0.15, 0.2) is 5.96 Å². The Morgan fingerprint density at radius 1 is 1.26 bits per heavy atom. The lowest BCUT2D eigenvalue weighted by molar-refractivity contribution is 0.0697. The van der Waals surface area contributed by atoms with Gasteiger partial charge in [0.1, 0.15) is 0 Å². The number of hydrogen-bond acceptors (Lipinski definition) is 4. The second-order valence-corrected chi connectivity index (χ2v) is 6.60. The monoisotopic (exact) mass is 376 g/mol. The number of aliphatic imine (C=N–C) groups is 1. The number of hydrogen-bond donors (Lipinski definition) is 2. The number of ether oxygens (including phenoxy) is 1. The molecule has 1 fully saturated rings. The van der Waals surface area contributed by atoms with Crippen LogP contribution < -0.4 is 5.32 Å². The highest BCUT2D eigenvalue weighted by Gasteiger charge is 2.19. The van der Waals surface area contributed by atoms with Crippen LogP contribution in [0.15, 0.2) is 29.3 Å². The van der Waals surface area contributed by atoms with E-state index in [0.717, 1.165) is 57.4 Å². The third-order valence-electron chi connectivity index (χ3n) is 4.49. The molecule has 7 nitrogen and oxygen atoms in total. The van der Waals surface area contributed by atoms with Crippen molar-refractivity contribution in [3.05, 3.63) is 29.8 Å². The molecule has 1 aromatic carbocycles. The molecule has 2 N–H and O–H groups in total. The van der Waals surface area contributed by atoms with Crippen LogP contribution in [0, 0.1) is 0 Å². The van der Waals surface area contributed by atoms with Crippen LogP contribution in [0.4, 0.5) is 5.69 Å². The van der Waals surface area contributed by atoms with Crippen LogP contribution in [0.25, 0.3) is 0 Å². The molecule has 1 aliphatic heterocycles. The number of carboxylic acids is 1. The summed E-state index contributed by atoms with van der Waals surface area (Å²) in [4.78, 5) is 20.7. The molecule has 0 aromatic heterocycles. The van der Waals surface area contributed by atoms with Gasteiger partial charge in [-0.25, -0.2) is 4.79 Å². The molecule has 0 aliphatic carbocycles. The van der Waals surface area contributed by atoms with Gasteiger partial charge in [0.05, 0.1) is 5.56 Å². The molecule has 0 unspecified atom stereocenters. The van der Waals surface area contributed by atoms with Crippen LogP contribution >= 0.6 is 0 Å². The Kier molecular flexibility index (Phi) is 9.07. The minimum absolute atomic E-state index is 0.267. The van der Waals surface area contributed by atoms with Crippen molar-refractivity contribution < 1.29 is 14.6 Å². The number of anilines is 1. The molecule has 2 rings (SSSR count). The van der Waals surface area contributed by atoms with E-state index in [9.17, 15) is 9.90 Å². The van der Waals surface area contributed by atoms with Gasteiger partial charge in [0.2, 0.25) is 0 Å². The van der Waals surface area contributed by atoms with Crippen molar-refractivity contribution in [1.82, 2.24) is 9.80 Å². The Labute approximate surface area is 162 Å². The summed E-state index contributed by atoms with van der Waals surface area (Å²) in [5.41, 5.74) is 1.01. The zero-order valence-electron chi connectivity index (χ0n) is 16.5. The Morgan fingerprint density at radius 2 is 2.04 bits per heavy atom. The standard InChI is InChI=1S/C20H32N4O3/c1-3-10-23-11-13-24(14-12-23)20(21-9-6-15-27-4-2)22-18-8-5-7-17(16-18)19(25)26/h5,7-8,16H,3-4,6,9-15H2,1-2H3,(H,21,22)(H,25,26). The summed E-state index contributed by atoms with van der Waals surface area (Å²) in [6, 6.07) is 6.86. The van der Waals surface area contributed by atoms with Gasteiger partial charge >= 0.3 is 5.97 Å². The van der Waals surface area contributed by atoms with Crippen molar-refractivity contribution in [2.75, 3.05) is 57.8 Å². The maximum atomic E-state index is 11.2. The molecule has 0 saturated carbocycles. The van der Waals surface area contributed by atoms with E-state index in [-0.39, 0.29) is 5.56 Å². The van der Waals surface area contributed by atoms with Gasteiger partial charge in [0, 0.05) is 51.6 Å². The quantitative estimate of drug-likeness (QED) is 0.392. The van der Waals surface area contributed by atoms with Crippen LogP contribution in [0.1, 0.15) is 37.0 Å². The minimum atomic E-state index is -0.929. The lowest BCUT2D eigenvalue weighted by Crippen LogP contribution is -2.50. The molecule has 0 atom stereocenters. The van der Waals surface area contributed by atoms with Crippen LogP contribution in [0.5, 0.6) is 0 Å². The highest BCUT2D eigenvalue weighted by atomic mass is 16.5. The van der Waals surface area contributed by atoms with E-state index >= 15 is 0 Å². The Balaban J connectivity index is 2.04. The van der Waals surface area contributed by atoms with E-state index in [1.54, 1.807) is 18.2 Å². The zero-order chi connectivity index (χ0) is 19.5. The number of benzene rings is 1. The average Bonchev–Trinajstić information content (AvgIpc) is 2.68. The first-order chi connectivity index (χ1) is 13.1. The number of carbonyl (C=O) groups is 1. The summed E-state index contributed by atoms with van der Waals surface area (Å²) >= 11 is 0. The van der Waals surface area contributed by atoms with E-state index in [1.165, 1.54) is 6.42 Å². The fourth-order valence-electron chi connectivity index (χ4n) is 3.07. The number of rotatable bonds is 9. The fourth-order valence-corrected chi connectivity index (χ4v) is 3.07. The average molecular weight is 377 g/mol. The number of nitrogens with one attached hydrogen (secondary N) is 1. The maximum Gasteiger partial charge on any atom is 0.335 e. The van der Waals surface area contributed by atoms with Crippen LogP contribution in [-0.4, -0.2) is 79.3 Å². The van der Waals surface area contributed by atoms with Crippen molar-refractivity contribution >= 4 is 17.6 Å². The predicted molar refractivity (Wildman–Crippen MR) is 109 cm³/mol. The highest BCUT2D eigenvalue weighted by molar-refractivity contribution is 5.95. The molecule has 7 heteroatoms. The molecule has 1 aliphatic rings. The third-order valence-corrected chi connectivity index (χ3v) is 4.49. The summed E-state index contributed by atoms with van der Waals surface area (Å²) in [5.74, 6) is -0.118. The van der Waals surface area contributed by atoms with Gasteiger partial charge in [-0.15, -0.1) is 0 Å². The maximum absolute atomic E-state index is 11.2. The summed E-state index contributed by atoms with van der Waals surface area (Å²) < 4.78 is 5.39. The molecule has 27 heavy (non-hydrogen) atoms. The number of nitrogens with zero attached hydrogens (tertiary/aromatic N) is 3. The van der Waals surface area contributed by atoms with E-state index in [2.05, 4.69) is 22.0 Å². The highest BCUT2D eigenvalue weighted by Crippen LogP contribution is 2.13. The molecule has 0 radical (unpaired) electrons. The first-order valence-corrected chi connectivity index (χ1v) is 9.84. The molecule has 1 heterocycles. The molecular formula is C20H32N4O3. The minimum Gasteiger partial charge on any atom is -0.478 e. The molecule has 150 valence electrons. The Bertz CT molecular complexity index is 613. The van der Waals surface area contributed by atoms with E-state index in [1.807, 2.05) is 13.0 Å². The number of guanidine groups is 1. The van der Waals surface area contributed by atoms with Crippen LogP contribution in [0.2, 0.25) is 0 Å². The molecule has 1 aromatic rings. The molecule has 0 bridgehead atoms. The number of aromatic carboxylic acids is 1. The van der Waals surface area contributed by atoms with Crippen molar-refractivity contribution in [2.45, 2.75) is 26.7 Å². The van der Waals surface area contributed by atoms with Gasteiger partial charge in [-0.2, -0.15) is 0 Å². The molecule has 0 amide bonds. The van der Waals surface area contributed by atoms with Gasteiger partial charge in [0.25, 0.3) is 0 Å². The van der Waals surface area contributed by atoms with Gasteiger partial charge in [-0.05, 0) is 44.5 Å². The molecule has 1 saturated heterocycles. The van der Waals surface area contributed by atoms with Crippen molar-refractivity contribution in [1.29, 1.82) is 0 Å². The predicted octanol–water partition coefficient (Wildman–Crippen LogP) is 2.61. The van der Waals surface area contributed by atoms with Crippen molar-refractivity contribution in [3.63, 3.8) is 0 Å². The van der Waals surface area contributed by atoms with Crippen LogP contribution in [-0.2, 0) is 4.74 Å². The lowest BCUT2D eigenvalue weighted by atomic mass is 10.2. The van der Waals surface area contributed by atoms with Crippen molar-refractivity contribution in [2.24, 2.45) is 4.99 Å². The summed E-state index contributed by atoms with van der Waals surface area (Å²) in [6.07, 6.45) is 2.03. The third kappa shape index (κ3) is 7.19. The molecule has 0 spiro atoms. The first kappa shape index (κ1) is 21.2. The van der Waals surface area contributed by atoms with Gasteiger partial charge in [-0.1, -0.05) is 13.0 Å². The Morgan fingerprint density at radius 3 is 2.70 bits per heavy atom. The first-order valence-electron chi connectivity index (χ1n) is 9.84. The number of carboxylic acid groups (broad SMARTS) is 1. The summed E-state index contributed by atoms with van der Waals surface area (Å²) in [7, 11) is 0. The van der Waals surface area contributed by atoms with Crippen molar-refractivity contribution in [3.8, 4) is 0 Å². The van der Waals surface area contributed by atoms with Gasteiger partial charge < -0.3 is 20.1 Å². The topological polar surface area (TPSA) is 77.4 Å². The second kappa shape index (κ2) is 11.6. The van der Waals surface area contributed by atoms with E-state index in [0.29, 0.717) is 13.2 Å². The SMILES string of the molecule is CCCN1CCN(C(=NCCCOCC)Nc2cccc(C(=O)O)c2)CC1. The lowest BCUT2D eigenvalue weighted by Gasteiger charge is -2.36. The Hall–Kier alpha value is -2.12. The normalized spacial score (nSPS) is 15.8. The summed E-state index contributed by atoms with van der Waals surface area (Å²) in [6.45, 7) is 11.3. The zero-order valence-corrected chi connectivity index (χ0v) is 16.5. The fraction of sp³-hybridized carbons (Fsp3) is 0.600. The smallest absolute Gasteiger partial charge is 0.335 e. The molecular weight excluding hydrogens is 344 g/mol.